The zero-order chi connectivity index (χ0) is 13.2. The molecule has 2 aromatic rings. The Morgan fingerprint density at radius 2 is 2.05 bits per heavy atom. The molecule has 0 radical (unpaired) electrons. The maximum absolute atomic E-state index is 11.2. The van der Waals surface area contributed by atoms with Gasteiger partial charge in [-0.15, -0.1) is 0 Å². The molecule has 1 N–H and O–H groups in total. The Kier molecular flexibility index (Phi) is 3.00. The van der Waals surface area contributed by atoms with E-state index in [0.717, 1.165) is 18.9 Å². The molecule has 3 rings (SSSR count). The standard InChI is InChI=1S/C13H13N3O3/c17-13(18)9-3-4-14-10-1-2-11(15-12(9)10)16-5-7-19-8-6-16/h1-4H,5-8H2,(H,17,18). The van der Waals surface area contributed by atoms with E-state index in [2.05, 4.69) is 14.9 Å². The summed E-state index contributed by atoms with van der Waals surface area (Å²) >= 11 is 0. The molecule has 0 aliphatic carbocycles. The second kappa shape index (κ2) is 4.81. The highest BCUT2D eigenvalue weighted by Gasteiger charge is 2.15. The predicted octanol–water partition coefficient (Wildman–Crippen LogP) is 1.16. The number of hydrogen-bond acceptors (Lipinski definition) is 5. The summed E-state index contributed by atoms with van der Waals surface area (Å²) in [6, 6.07) is 5.15. The van der Waals surface area contributed by atoms with E-state index in [1.807, 2.05) is 6.07 Å². The van der Waals surface area contributed by atoms with Crippen molar-refractivity contribution in [2.24, 2.45) is 0 Å². The number of pyridine rings is 2. The number of carboxylic acid groups (broad SMARTS) is 1. The molecular weight excluding hydrogens is 246 g/mol. The van der Waals surface area contributed by atoms with Crippen molar-refractivity contribution in [3.8, 4) is 0 Å². The normalized spacial score (nSPS) is 15.7. The number of aromatic nitrogens is 2. The minimum absolute atomic E-state index is 0.181. The van der Waals surface area contributed by atoms with Crippen LogP contribution in [0.3, 0.4) is 0 Å². The monoisotopic (exact) mass is 259 g/mol. The van der Waals surface area contributed by atoms with Crippen LogP contribution in [0.4, 0.5) is 5.82 Å². The van der Waals surface area contributed by atoms with Crippen LogP contribution in [0.5, 0.6) is 0 Å². The lowest BCUT2D eigenvalue weighted by atomic mass is 10.2. The topological polar surface area (TPSA) is 75.5 Å². The molecule has 19 heavy (non-hydrogen) atoms. The number of aromatic carboxylic acids is 1. The second-order valence-electron chi connectivity index (χ2n) is 4.30. The lowest BCUT2D eigenvalue weighted by Gasteiger charge is -2.27. The molecule has 1 aliphatic heterocycles. The first kappa shape index (κ1) is 11.9. The van der Waals surface area contributed by atoms with E-state index in [0.29, 0.717) is 24.2 Å². The van der Waals surface area contributed by atoms with Gasteiger partial charge in [-0.2, -0.15) is 0 Å². The Labute approximate surface area is 109 Å². The molecule has 3 heterocycles. The van der Waals surface area contributed by atoms with E-state index in [-0.39, 0.29) is 5.56 Å². The van der Waals surface area contributed by atoms with Crippen LogP contribution in [0, 0.1) is 0 Å². The summed E-state index contributed by atoms with van der Waals surface area (Å²) in [4.78, 5) is 21.9. The number of carbonyl (C=O) groups is 1. The quantitative estimate of drug-likeness (QED) is 0.872. The number of fused-ring (bicyclic) bond motifs is 1. The van der Waals surface area contributed by atoms with Crippen LogP contribution in [-0.4, -0.2) is 47.3 Å². The van der Waals surface area contributed by atoms with Gasteiger partial charge in [0.25, 0.3) is 0 Å². The first-order valence-electron chi connectivity index (χ1n) is 6.07. The maximum Gasteiger partial charge on any atom is 0.338 e. The van der Waals surface area contributed by atoms with Crippen LogP contribution in [0.15, 0.2) is 24.4 Å². The van der Waals surface area contributed by atoms with Crippen LogP contribution in [-0.2, 0) is 4.74 Å². The molecule has 6 nitrogen and oxygen atoms in total. The van der Waals surface area contributed by atoms with E-state index in [1.165, 1.54) is 12.3 Å². The Bertz CT molecular complexity index is 624. The van der Waals surface area contributed by atoms with Crippen molar-refractivity contribution < 1.29 is 14.6 Å². The molecule has 0 unspecified atom stereocenters. The molecule has 6 heteroatoms. The number of carboxylic acids is 1. The van der Waals surface area contributed by atoms with Gasteiger partial charge >= 0.3 is 5.97 Å². The number of anilines is 1. The largest absolute Gasteiger partial charge is 0.478 e. The van der Waals surface area contributed by atoms with Crippen LogP contribution >= 0.6 is 0 Å². The van der Waals surface area contributed by atoms with Crippen LogP contribution < -0.4 is 4.90 Å². The Morgan fingerprint density at radius 3 is 2.79 bits per heavy atom. The molecule has 0 amide bonds. The van der Waals surface area contributed by atoms with Gasteiger partial charge in [-0.1, -0.05) is 0 Å². The molecular formula is C13H13N3O3. The van der Waals surface area contributed by atoms with Crippen LogP contribution in [0.2, 0.25) is 0 Å². The fourth-order valence-corrected chi connectivity index (χ4v) is 2.16. The number of morpholine rings is 1. The molecule has 0 saturated carbocycles. The van der Waals surface area contributed by atoms with Crippen molar-refractivity contribution in [1.82, 2.24) is 9.97 Å². The van der Waals surface area contributed by atoms with Gasteiger partial charge in [0.05, 0.1) is 24.3 Å². The molecule has 0 spiro atoms. The third kappa shape index (κ3) is 2.22. The number of rotatable bonds is 2. The highest BCUT2D eigenvalue weighted by molar-refractivity contribution is 6.00. The van der Waals surface area contributed by atoms with Gasteiger partial charge in [-0.25, -0.2) is 9.78 Å². The van der Waals surface area contributed by atoms with E-state index >= 15 is 0 Å². The van der Waals surface area contributed by atoms with Crippen LogP contribution in [0.25, 0.3) is 11.0 Å². The SMILES string of the molecule is O=C(O)c1ccnc2ccc(N3CCOCC3)nc12. The van der Waals surface area contributed by atoms with Crippen molar-refractivity contribution >= 4 is 22.8 Å². The number of hydrogen-bond donors (Lipinski definition) is 1. The zero-order valence-electron chi connectivity index (χ0n) is 10.2. The number of ether oxygens (including phenoxy) is 1. The molecule has 1 fully saturated rings. The molecule has 0 atom stereocenters. The lowest BCUT2D eigenvalue weighted by Crippen LogP contribution is -2.36. The smallest absolute Gasteiger partial charge is 0.338 e. The summed E-state index contributed by atoms with van der Waals surface area (Å²) in [5.74, 6) is -0.217. The molecule has 0 bridgehead atoms. The lowest BCUT2D eigenvalue weighted by molar-refractivity contribution is 0.0698. The zero-order valence-corrected chi connectivity index (χ0v) is 10.2. The minimum atomic E-state index is -0.987. The first-order valence-corrected chi connectivity index (χ1v) is 6.07. The van der Waals surface area contributed by atoms with Gasteiger partial charge in [0.15, 0.2) is 0 Å². The Balaban J connectivity index is 2.08. The van der Waals surface area contributed by atoms with Crippen molar-refractivity contribution in [3.05, 3.63) is 30.0 Å². The summed E-state index contributed by atoms with van der Waals surface area (Å²) < 4.78 is 5.29. The van der Waals surface area contributed by atoms with Crippen molar-refractivity contribution in [1.29, 1.82) is 0 Å². The third-order valence-corrected chi connectivity index (χ3v) is 3.13. The van der Waals surface area contributed by atoms with Crippen molar-refractivity contribution in [2.45, 2.75) is 0 Å². The number of nitrogens with zero attached hydrogens (tertiary/aromatic N) is 3. The van der Waals surface area contributed by atoms with E-state index < -0.39 is 5.97 Å². The highest BCUT2D eigenvalue weighted by atomic mass is 16.5. The van der Waals surface area contributed by atoms with E-state index in [9.17, 15) is 9.90 Å². The van der Waals surface area contributed by atoms with Gasteiger partial charge in [0.1, 0.15) is 11.3 Å². The fourth-order valence-electron chi connectivity index (χ4n) is 2.16. The Hall–Kier alpha value is -2.21. The fraction of sp³-hybridized carbons (Fsp3) is 0.308. The molecule has 1 saturated heterocycles. The van der Waals surface area contributed by atoms with Gasteiger partial charge < -0.3 is 14.7 Å². The molecule has 2 aromatic heterocycles. The minimum Gasteiger partial charge on any atom is -0.478 e. The van der Waals surface area contributed by atoms with Gasteiger partial charge in [0.2, 0.25) is 0 Å². The van der Waals surface area contributed by atoms with E-state index in [4.69, 9.17) is 4.74 Å². The van der Waals surface area contributed by atoms with Crippen molar-refractivity contribution in [2.75, 3.05) is 31.2 Å². The van der Waals surface area contributed by atoms with Crippen molar-refractivity contribution in [3.63, 3.8) is 0 Å². The molecule has 98 valence electrons. The van der Waals surface area contributed by atoms with E-state index in [1.54, 1.807) is 6.07 Å². The summed E-state index contributed by atoms with van der Waals surface area (Å²) in [5.41, 5.74) is 1.20. The first-order chi connectivity index (χ1) is 9.25. The summed E-state index contributed by atoms with van der Waals surface area (Å²) in [6.07, 6.45) is 1.49. The Morgan fingerprint density at radius 1 is 1.26 bits per heavy atom. The molecule has 1 aliphatic rings. The van der Waals surface area contributed by atoms with Gasteiger partial charge in [0, 0.05) is 19.3 Å². The highest BCUT2D eigenvalue weighted by Crippen LogP contribution is 2.20. The summed E-state index contributed by atoms with van der Waals surface area (Å²) in [6.45, 7) is 2.86. The van der Waals surface area contributed by atoms with Gasteiger partial charge in [-0.3, -0.25) is 4.98 Å². The third-order valence-electron chi connectivity index (χ3n) is 3.13. The average molecular weight is 259 g/mol. The molecule has 0 aromatic carbocycles. The summed E-state index contributed by atoms with van der Waals surface area (Å²) in [7, 11) is 0. The van der Waals surface area contributed by atoms with Crippen LogP contribution in [0.1, 0.15) is 10.4 Å². The maximum atomic E-state index is 11.2. The van der Waals surface area contributed by atoms with Gasteiger partial charge in [-0.05, 0) is 18.2 Å². The summed E-state index contributed by atoms with van der Waals surface area (Å²) in [5, 5.41) is 9.18. The average Bonchev–Trinajstić information content (AvgIpc) is 2.47. The second-order valence-corrected chi connectivity index (χ2v) is 4.30. The predicted molar refractivity (Wildman–Crippen MR) is 69.5 cm³/mol.